The molecule has 1 rings (SSSR count). The molecule has 46 valence electrons. The highest BCUT2D eigenvalue weighted by molar-refractivity contribution is 5.46. The van der Waals surface area contributed by atoms with Crippen LogP contribution in [-0.2, 0) is 4.79 Å². The molecule has 0 spiro atoms. The first-order valence-electron chi connectivity index (χ1n) is 2.70. The Morgan fingerprint density at radius 2 is 2.25 bits per heavy atom. The Hall–Kier alpha value is -0.570. The molecular weight excluding hydrogens is 106 g/mol. The fourth-order valence-corrected chi connectivity index (χ4v) is 0.820. The van der Waals surface area contributed by atoms with Gasteiger partial charge in [-0.3, -0.25) is 4.79 Å². The summed E-state index contributed by atoms with van der Waals surface area (Å²) in [6.07, 6.45) is 1.95. The average molecular weight is 115 g/mol. The second-order valence-electron chi connectivity index (χ2n) is 2.11. The van der Waals surface area contributed by atoms with Crippen LogP contribution in [0.2, 0.25) is 0 Å². The van der Waals surface area contributed by atoms with E-state index in [2.05, 4.69) is 5.32 Å². The summed E-state index contributed by atoms with van der Waals surface area (Å²) in [5.41, 5.74) is 0. The van der Waals surface area contributed by atoms with E-state index in [1.54, 1.807) is 0 Å². The topological polar surface area (TPSA) is 49.3 Å². The largest absolute Gasteiger partial charge is 0.393 e. The molecule has 0 saturated heterocycles. The number of carbonyl (C=O) groups excluding carboxylic acids is 1. The van der Waals surface area contributed by atoms with Gasteiger partial charge in [-0.25, -0.2) is 0 Å². The molecule has 0 aromatic carbocycles. The average Bonchev–Trinajstić information content (AvgIpc) is 1.64. The SMILES string of the molecule is O=CNC1CC(O)C1. The summed E-state index contributed by atoms with van der Waals surface area (Å²) in [4.78, 5) is 9.72. The number of rotatable bonds is 2. The van der Waals surface area contributed by atoms with E-state index in [1.165, 1.54) is 0 Å². The predicted molar refractivity (Wildman–Crippen MR) is 28.2 cm³/mol. The number of aliphatic hydroxyl groups is 1. The number of carbonyl (C=O) groups is 1. The van der Waals surface area contributed by atoms with Crippen molar-refractivity contribution in [2.75, 3.05) is 0 Å². The smallest absolute Gasteiger partial charge is 0.207 e. The van der Waals surface area contributed by atoms with Gasteiger partial charge in [-0.05, 0) is 12.8 Å². The third kappa shape index (κ3) is 0.980. The predicted octanol–water partition coefficient (Wildman–Crippen LogP) is -0.744. The normalized spacial score (nSPS) is 35.6. The lowest BCUT2D eigenvalue weighted by atomic mass is 9.90. The van der Waals surface area contributed by atoms with E-state index >= 15 is 0 Å². The Morgan fingerprint density at radius 3 is 2.62 bits per heavy atom. The van der Waals surface area contributed by atoms with Gasteiger partial charge in [0.15, 0.2) is 0 Å². The first-order chi connectivity index (χ1) is 3.83. The van der Waals surface area contributed by atoms with Gasteiger partial charge in [-0.2, -0.15) is 0 Å². The molecule has 0 aromatic rings. The summed E-state index contributed by atoms with van der Waals surface area (Å²) >= 11 is 0. The lowest BCUT2D eigenvalue weighted by Gasteiger charge is -2.30. The Bertz CT molecular complexity index is 88.4. The third-order valence-corrected chi connectivity index (χ3v) is 1.42. The zero-order valence-corrected chi connectivity index (χ0v) is 4.50. The van der Waals surface area contributed by atoms with Crippen molar-refractivity contribution >= 4 is 6.41 Å². The van der Waals surface area contributed by atoms with Crippen molar-refractivity contribution in [3.8, 4) is 0 Å². The minimum atomic E-state index is -0.174. The van der Waals surface area contributed by atoms with Crippen molar-refractivity contribution in [2.45, 2.75) is 25.0 Å². The van der Waals surface area contributed by atoms with Crippen LogP contribution in [0.5, 0.6) is 0 Å². The number of amides is 1. The molecule has 3 heteroatoms. The van der Waals surface area contributed by atoms with Crippen molar-refractivity contribution in [3.05, 3.63) is 0 Å². The van der Waals surface area contributed by atoms with Gasteiger partial charge < -0.3 is 10.4 Å². The highest BCUT2D eigenvalue weighted by Crippen LogP contribution is 2.18. The molecule has 1 fully saturated rings. The van der Waals surface area contributed by atoms with Crippen LogP contribution in [-0.4, -0.2) is 23.7 Å². The summed E-state index contributed by atoms with van der Waals surface area (Å²) in [5, 5.41) is 11.3. The summed E-state index contributed by atoms with van der Waals surface area (Å²) in [5.74, 6) is 0. The maximum atomic E-state index is 9.72. The molecule has 0 heterocycles. The molecule has 8 heavy (non-hydrogen) atoms. The highest BCUT2D eigenvalue weighted by Gasteiger charge is 2.25. The fraction of sp³-hybridized carbons (Fsp3) is 0.800. The summed E-state index contributed by atoms with van der Waals surface area (Å²) in [7, 11) is 0. The standard InChI is InChI=1S/C5H9NO2/c7-3-6-4-1-5(8)2-4/h3-5,8H,1-2H2,(H,6,7). The second-order valence-corrected chi connectivity index (χ2v) is 2.11. The maximum absolute atomic E-state index is 9.72. The number of hydrogen-bond acceptors (Lipinski definition) is 2. The van der Waals surface area contributed by atoms with Gasteiger partial charge in [-0.15, -0.1) is 0 Å². The van der Waals surface area contributed by atoms with E-state index < -0.39 is 0 Å². The Morgan fingerprint density at radius 1 is 1.62 bits per heavy atom. The molecule has 0 bridgehead atoms. The molecule has 1 amide bonds. The van der Waals surface area contributed by atoms with Gasteiger partial charge >= 0.3 is 0 Å². The molecule has 0 aromatic heterocycles. The second kappa shape index (κ2) is 2.13. The quantitative estimate of drug-likeness (QED) is 0.465. The van der Waals surface area contributed by atoms with Gasteiger partial charge in [0.05, 0.1) is 6.10 Å². The zero-order chi connectivity index (χ0) is 5.98. The van der Waals surface area contributed by atoms with Crippen LogP contribution in [0.25, 0.3) is 0 Å². The molecule has 3 nitrogen and oxygen atoms in total. The van der Waals surface area contributed by atoms with Crippen LogP contribution in [0.15, 0.2) is 0 Å². The fourth-order valence-electron chi connectivity index (χ4n) is 0.820. The van der Waals surface area contributed by atoms with Gasteiger partial charge in [0.25, 0.3) is 0 Å². The molecule has 0 unspecified atom stereocenters. The molecular formula is C5H9NO2. The molecule has 1 aliphatic rings. The molecule has 0 atom stereocenters. The summed E-state index contributed by atoms with van der Waals surface area (Å²) < 4.78 is 0. The van der Waals surface area contributed by atoms with Crippen molar-refractivity contribution in [2.24, 2.45) is 0 Å². The first-order valence-corrected chi connectivity index (χ1v) is 2.70. The first kappa shape index (κ1) is 5.56. The highest BCUT2D eigenvalue weighted by atomic mass is 16.3. The van der Waals surface area contributed by atoms with E-state index in [1.807, 2.05) is 0 Å². The Kier molecular flexibility index (Phi) is 1.48. The third-order valence-electron chi connectivity index (χ3n) is 1.42. The van der Waals surface area contributed by atoms with Crippen LogP contribution >= 0.6 is 0 Å². The summed E-state index contributed by atoms with van der Waals surface area (Å²) in [6.45, 7) is 0. The molecule has 1 aliphatic carbocycles. The van der Waals surface area contributed by atoms with Crippen LogP contribution in [0.1, 0.15) is 12.8 Å². The molecule has 0 aliphatic heterocycles. The lowest BCUT2D eigenvalue weighted by Crippen LogP contribution is -2.43. The van der Waals surface area contributed by atoms with Crippen molar-refractivity contribution in [1.29, 1.82) is 0 Å². The van der Waals surface area contributed by atoms with Crippen molar-refractivity contribution < 1.29 is 9.90 Å². The van der Waals surface area contributed by atoms with E-state index in [0.717, 1.165) is 12.8 Å². The number of nitrogens with one attached hydrogen (secondary N) is 1. The van der Waals surface area contributed by atoms with Gasteiger partial charge in [0, 0.05) is 6.04 Å². The van der Waals surface area contributed by atoms with E-state index in [4.69, 9.17) is 5.11 Å². The van der Waals surface area contributed by atoms with Crippen molar-refractivity contribution in [1.82, 2.24) is 5.32 Å². The Balaban J connectivity index is 2.06. The minimum Gasteiger partial charge on any atom is -0.393 e. The monoisotopic (exact) mass is 115 g/mol. The summed E-state index contributed by atoms with van der Waals surface area (Å²) in [6, 6.07) is 0.238. The zero-order valence-electron chi connectivity index (χ0n) is 4.50. The van der Waals surface area contributed by atoms with Crippen LogP contribution in [0, 0.1) is 0 Å². The van der Waals surface area contributed by atoms with E-state index in [0.29, 0.717) is 6.41 Å². The maximum Gasteiger partial charge on any atom is 0.207 e. The number of aliphatic hydroxyl groups excluding tert-OH is 1. The minimum absolute atomic E-state index is 0.174. The van der Waals surface area contributed by atoms with Crippen LogP contribution < -0.4 is 5.32 Å². The van der Waals surface area contributed by atoms with E-state index in [9.17, 15) is 4.79 Å². The lowest BCUT2D eigenvalue weighted by molar-refractivity contribution is -0.111. The van der Waals surface area contributed by atoms with Gasteiger partial charge in [0.2, 0.25) is 6.41 Å². The number of hydrogen-bond donors (Lipinski definition) is 2. The van der Waals surface area contributed by atoms with Crippen LogP contribution in [0.3, 0.4) is 0 Å². The van der Waals surface area contributed by atoms with E-state index in [-0.39, 0.29) is 12.1 Å². The van der Waals surface area contributed by atoms with Crippen LogP contribution in [0.4, 0.5) is 0 Å². The molecule has 0 radical (unpaired) electrons. The molecule has 2 N–H and O–H groups in total. The van der Waals surface area contributed by atoms with Crippen molar-refractivity contribution in [3.63, 3.8) is 0 Å². The van der Waals surface area contributed by atoms with Gasteiger partial charge in [-0.1, -0.05) is 0 Å². The molecule has 1 saturated carbocycles. The van der Waals surface area contributed by atoms with Gasteiger partial charge in [0.1, 0.15) is 0 Å². The Labute approximate surface area is 47.7 Å².